The molecule has 1 aromatic heterocycles. The number of carboxylic acid groups (broad SMARTS) is 2. The van der Waals surface area contributed by atoms with Gasteiger partial charge in [0.25, 0.3) is 0 Å². The molecule has 0 spiro atoms. The molecule has 3 aromatic rings. The first-order chi connectivity index (χ1) is 11.0. The molecule has 2 aromatic carbocycles. The Kier molecular flexibility index (Phi) is 3.31. The van der Waals surface area contributed by atoms with Crippen LogP contribution in [-0.2, 0) is 0 Å². The molecule has 23 heavy (non-hydrogen) atoms. The zero-order chi connectivity index (χ0) is 16.6. The molecule has 6 nitrogen and oxygen atoms in total. The highest BCUT2D eigenvalue weighted by molar-refractivity contribution is 5.96. The van der Waals surface area contributed by atoms with Crippen molar-refractivity contribution in [3.05, 3.63) is 65.4 Å². The summed E-state index contributed by atoms with van der Waals surface area (Å²) in [6.07, 6.45) is 1.60. The van der Waals surface area contributed by atoms with E-state index in [-0.39, 0.29) is 11.1 Å². The Balaban J connectivity index is 2.20. The monoisotopic (exact) mass is 306 g/mol. The first-order valence-corrected chi connectivity index (χ1v) is 6.63. The van der Waals surface area contributed by atoms with E-state index in [2.05, 4.69) is 0 Å². The van der Waals surface area contributed by atoms with Crippen molar-refractivity contribution in [2.75, 3.05) is 0 Å². The van der Waals surface area contributed by atoms with E-state index in [9.17, 15) is 14.9 Å². The number of fused-ring (bicyclic) bond motifs is 1. The van der Waals surface area contributed by atoms with Crippen LogP contribution in [0.5, 0.6) is 0 Å². The van der Waals surface area contributed by atoms with Gasteiger partial charge in [0.05, 0.1) is 22.2 Å². The number of aromatic nitrogens is 1. The summed E-state index contributed by atoms with van der Waals surface area (Å²) in [4.78, 5) is 22.0. The summed E-state index contributed by atoms with van der Waals surface area (Å²) < 4.78 is 1.73. The number of rotatable bonds is 3. The molecule has 0 unspecified atom stereocenters. The molecule has 6 heteroatoms. The van der Waals surface area contributed by atoms with Gasteiger partial charge in [-0.05, 0) is 42.5 Å². The van der Waals surface area contributed by atoms with Crippen molar-refractivity contribution < 1.29 is 19.8 Å². The lowest BCUT2D eigenvalue weighted by Gasteiger charge is -2.06. The Morgan fingerprint density at radius 2 is 1.57 bits per heavy atom. The number of hydrogen-bond donors (Lipinski definition) is 2. The van der Waals surface area contributed by atoms with Gasteiger partial charge >= 0.3 is 11.9 Å². The lowest BCUT2D eigenvalue weighted by molar-refractivity contribution is 0.0686. The van der Waals surface area contributed by atoms with Gasteiger partial charge in [-0.1, -0.05) is 0 Å². The summed E-state index contributed by atoms with van der Waals surface area (Å²) >= 11 is 0. The van der Waals surface area contributed by atoms with Crippen molar-refractivity contribution in [2.24, 2.45) is 0 Å². The second-order valence-corrected chi connectivity index (χ2v) is 4.91. The lowest BCUT2D eigenvalue weighted by Crippen LogP contribution is -1.98. The number of carboxylic acids is 2. The van der Waals surface area contributed by atoms with Crippen molar-refractivity contribution in [1.82, 2.24) is 4.57 Å². The first-order valence-electron chi connectivity index (χ1n) is 6.63. The second kappa shape index (κ2) is 5.31. The predicted molar refractivity (Wildman–Crippen MR) is 81.9 cm³/mol. The zero-order valence-electron chi connectivity index (χ0n) is 11.7. The van der Waals surface area contributed by atoms with E-state index in [1.54, 1.807) is 29.0 Å². The number of nitrogens with zero attached hydrogens (tertiary/aromatic N) is 2. The van der Waals surface area contributed by atoms with Gasteiger partial charge in [-0.2, -0.15) is 5.26 Å². The summed E-state index contributed by atoms with van der Waals surface area (Å²) in [5.41, 5.74) is 1.98. The number of benzene rings is 2. The Hall–Kier alpha value is -3.59. The molecular formula is C17H10N2O4. The smallest absolute Gasteiger partial charge is 0.335 e. The second-order valence-electron chi connectivity index (χ2n) is 4.91. The van der Waals surface area contributed by atoms with Gasteiger partial charge in [0, 0.05) is 17.3 Å². The van der Waals surface area contributed by atoms with Crippen LogP contribution in [0.3, 0.4) is 0 Å². The van der Waals surface area contributed by atoms with Gasteiger partial charge in [-0.25, -0.2) is 9.59 Å². The standard InChI is InChI=1S/C17H10N2O4/c18-8-12-9-19(13-4-1-10(2-5-13)16(20)21)15-6-3-11(17(22)23)7-14(12)15/h1-7,9H,(H,20,21)(H,22,23). The van der Waals surface area contributed by atoms with Crippen LogP contribution in [0, 0.1) is 11.3 Å². The van der Waals surface area contributed by atoms with E-state index in [4.69, 9.17) is 10.2 Å². The third-order valence-corrected chi connectivity index (χ3v) is 3.56. The van der Waals surface area contributed by atoms with Crippen molar-refractivity contribution in [3.8, 4) is 11.8 Å². The van der Waals surface area contributed by atoms with E-state index in [1.807, 2.05) is 6.07 Å². The highest BCUT2D eigenvalue weighted by atomic mass is 16.4. The third kappa shape index (κ3) is 2.40. The minimum atomic E-state index is -1.06. The van der Waals surface area contributed by atoms with Gasteiger partial charge in [-0.15, -0.1) is 0 Å². The van der Waals surface area contributed by atoms with E-state index in [0.29, 0.717) is 22.2 Å². The quantitative estimate of drug-likeness (QED) is 0.774. The molecule has 112 valence electrons. The number of carbonyl (C=O) groups is 2. The summed E-state index contributed by atoms with van der Waals surface area (Å²) in [7, 11) is 0. The largest absolute Gasteiger partial charge is 0.478 e. The predicted octanol–water partition coefficient (Wildman–Crippen LogP) is 2.90. The van der Waals surface area contributed by atoms with E-state index in [1.165, 1.54) is 24.3 Å². The Labute approximate surface area is 130 Å². The van der Waals surface area contributed by atoms with Crippen LogP contribution in [-0.4, -0.2) is 26.7 Å². The molecule has 0 aliphatic heterocycles. The highest BCUT2D eigenvalue weighted by Crippen LogP contribution is 2.26. The average molecular weight is 306 g/mol. The molecule has 0 radical (unpaired) electrons. The number of hydrogen-bond acceptors (Lipinski definition) is 3. The van der Waals surface area contributed by atoms with Crippen LogP contribution < -0.4 is 0 Å². The molecule has 0 atom stereocenters. The van der Waals surface area contributed by atoms with E-state index < -0.39 is 11.9 Å². The molecule has 3 rings (SSSR count). The van der Waals surface area contributed by atoms with Gasteiger partial charge < -0.3 is 14.8 Å². The van der Waals surface area contributed by atoms with E-state index >= 15 is 0 Å². The van der Waals surface area contributed by atoms with Crippen LogP contribution in [0.4, 0.5) is 0 Å². The third-order valence-electron chi connectivity index (χ3n) is 3.56. The summed E-state index contributed by atoms with van der Waals surface area (Å²) in [5, 5.41) is 27.8. The first kappa shape index (κ1) is 14.4. The van der Waals surface area contributed by atoms with Crippen LogP contribution >= 0.6 is 0 Å². The molecule has 0 bridgehead atoms. The van der Waals surface area contributed by atoms with Gasteiger partial charge in [0.15, 0.2) is 0 Å². The SMILES string of the molecule is N#Cc1cn(-c2ccc(C(=O)O)cc2)c2ccc(C(=O)O)cc12. The number of aromatic carboxylic acids is 2. The van der Waals surface area contributed by atoms with Crippen LogP contribution in [0.2, 0.25) is 0 Å². The minimum Gasteiger partial charge on any atom is -0.478 e. The van der Waals surface area contributed by atoms with Gasteiger partial charge in [-0.3, -0.25) is 0 Å². The van der Waals surface area contributed by atoms with Crippen molar-refractivity contribution in [2.45, 2.75) is 0 Å². The van der Waals surface area contributed by atoms with Crippen molar-refractivity contribution in [3.63, 3.8) is 0 Å². The normalized spacial score (nSPS) is 10.4. The maximum absolute atomic E-state index is 11.1. The maximum Gasteiger partial charge on any atom is 0.335 e. The van der Waals surface area contributed by atoms with Crippen molar-refractivity contribution in [1.29, 1.82) is 5.26 Å². The Morgan fingerprint density at radius 1 is 0.957 bits per heavy atom. The average Bonchev–Trinajstić information content (AvgIpc) is 2.92. The van der Waals surface area contributed by atoms with Crippen LogP contribution in [0.1, 0.15) is 26.3 Å². The lowest BCUT2D eigenvalue weighted by atomic mass is 10.1. The van der Waals surface area contributed by atoms with Crippen LogP contribution in [0.15, 0.2) is 48.7 Å². The topological polar surface area (TPSA) is 103 Å². The van der Waals surface area contributed by atoms with Crippen LogP contribution in [0.25, 0.3) is 16.6 Å². The fraction of sp³-hybridized carbons (Fsp3) is 0. The fourth-order valence-electron chi connectivity index (χ4n) is 2.43. The number of nitriles is 1. The minimum absolute atomic E-state index is 0.105. The molecule has 0 amide bonds. The molecular weight excluding hydrogens is 296 g/mol. The molecule has 0 aliphatic carbocycles. The summed E-state index contributed by atoms with van der Waals surface area (Å²) in [5.74, 6) is -2.08. The maximum atomic E-state index is 11.1. The Bertz CT molecular complexity index is 978. The molecule has 1 heterocycles. The molecule has 0 aliphatic rings. The molecule has 0 saturated heterocycles. The molecule has 0 saturated carbocycles. The Morgan fingerprint density at radius 3 is 2.13 bits per heavy atom. The molecule has 2 N–H and O–H groups in total. The van der Waals surface area contributed by atoms with Gasteiger partial charge in [0.2, 0.25) is 0 Å². The van der Waals surface area contributed by atoms with Crippen molar-refractivity contribution >= 4 is 22.8 Å². The zero-order valence-corrected chi connectivity index (χ0v) is 11.7. The highest BCUT2D eigenvalue weighted by Gasteiger charge is 2.13. The van der Waals surface area contributed by atoms with Gasteiger partial charge in [0.1, 0.15) is 6.07 Å². The summed E-state index contributed by atoms with van der Waals surface area (Å²) in [6, 6.07) is 12.8. The summed E-state index contributed by atoms with van der Waals surface area (Å²) in [6.45, 7) is 0. The van der Waals surface area contributed by atoms with E-state index in [0.717, 1.165) is 0 Å². The molecule has 0 fully saturated rings. The fourth-order valence-corrected chi connectivity index (χ4v) is 2.43.